The lowest BCUT2D eigenvalue weighted by molar-refractivity contribution is -0.137. The molecule has 0 bridgehead atoms. The first kappa shape index (κ1) is 16.5. The second kappa shape index (κ2) is 6.95. The van der Waals surface area contributed by atoms with Crippen LogP contribution in [0.15, 0.2) is 41.6 Å². The number of methoxy groups -OCH3 is 1. The molecule has 0 fully saturated rings. The first-order valence-corrected chi connectivity index (χ1v) is 7.09. The number of carboxylic acid groups (broad SMARTS) is 1. The number of nitrogens with one attached hydrogen (secondary N) is 1. The molecular weight excluding hydrogens is 300 g/mol. The highest BCUT2D eigenvalue weighted by atomic mass is 16.5. The maximum absolute atomic E-state index is 12.3. The molecular formula is C16H18N2O5. The average Bonchev–Trinajstić information content (AvgIpc) is 2.54. The van der Waals surface area contributed by atoms with Crippen LogP contribution in [0.25, 0.3) is 0 Å². The van der Waals surface area contributed by atoms with Gasteiger partial charge in [-0.3, -0.25) is 9.69 Å². The van der Waals surface area contributed by atoms with Crippen molar-refractivity contribution in [3.63, 3.8) is 0 Å². The molecule has 1 aromatic rings. The predicted octanol–water partition coefficient (Wildman–Crippen LogP) is 1.67. The third kappa shape index (κ3) is 3.50. The number of benzene rings is 1. The van der Waals surface area contributed by atoms with Gasteiger partial charge in [0.15, 0.2) is 0 Å². The number of allylic oxidation sites excluding steroid dienone is 1. The van der Waals surface area contributed by atoms with Gasteiger partial charge < -0.3 is 15.2 Å². The fraction of sp³-hybridized carbons (Fsp3) is 0.312. The van der Waals surface area contributed by atoms with Crippen molar-refractivity contribution < 1.29 is 24.2 Å². The summed E-state index contributed by atoms with van der Waals surface area (Å²) in [6, 6.07) is 7.98. The number of amides is 2. The number of ether oxygens (including phenoxy) is 1. The molecule has 0 aliphatic carbocycles. The summed E-state index contributed by atoms with van der Waals surface area (Å²) in [5.41, 5.74) is 1.44. The topological polar surface area (TPSA) is 95.9 Å². The van der Waals surface area contributed by atoms with Gasteiger partial charge in [0, 0.05) is 12.2 Å². The van der Waals surface area contributed by atoms with E-state index >= 15 is 0 Å². The number of carboxylic acids is 1. The van der Waals surface area contributed by atoms with Gasteiger partial charge in [-0.05, 0) is 12.5 Å². The second-order valence-electron chi connectivity index (χ2n) is 5.08. The summed E-state index contributed by atoms with van der Waals surface area (Å²) in [6.45, 7) is 1.60. The van der Waals surface area contributed by atoms with Crippen molar-refractivity contribution in [1.82, 2.24) is 10.2 Å². The lowest BCUT2D eigenvalue weighted by Crippen LogP contribution is -2.48. The van der Waals surface area contributed by atoms with Crippen LogP contribution in [0.3, 0.4) is 0 Å². The van der Waals surface area contributed by atoms with E-state index in [1.54, 1.807) is 19.1 Å². The third-order valence-electron chi connectivity index (χ3n) is 3.68. The van der Waals surface area contributed by atoms with Gasteiger partial charge in [0.25, 0.3) is 0 Å². The molecule has 1 aliphatic rings. The van der Waals surface area contributed by atoms with E-state index in [0.717, 1.165) is 5.56 Å². The van der Waals surface area contributed by atoms with Gasteiger partial charge in [-0.2, -0.15) is 0 Å². The maximum atomic E-state index is 12.3. The van der Waals surface area contributed by atoms with E-state index < -0.39 is 24.0 Å². The fourth-order valence-corrected chi connectivity index (χ4v) is 2.53. The average molecular weight is 318 g/mol. The second-order valence-corrected chi connectivity index (χ2v) is 5.08. The van der Waals surface area contributed by atoms with Gasteiger partial charge >= 0.3 is 18.0 Å². The number of rotatable bonds is 5. The molecule has 7 heteroatoms. The summed E-state index contributed by atoms with van der Waals surface area (Å²) in [7, 11) is 1.27. The minimum Gasteiger partial charge on any atom is -0.481 e. The summed E-state index contributed by atoms with van der Waals surface area (Å²) in [5, 5.41) is 11.5. The highest BCUT2D eigenvalue weighted by Crippen LogP contribution is 2.31. The molecule has 2 N–H and O–H groups in total. The molecule has 2 amide bonds. The molecule has 7 nitrogen and oxygen atoms in total. The molecule has 2 rings (SSSR count). The molecule has 1 heterocycles. The van der Waals surface area contributed by atoms with E-state index in [-0.39, 0.29) is 13.0 Å². The van der Waals surface area contributed by atoms with Crippen molar-refractivity contribution in [2.75, 3.05) is 13.7 Å². The molecule has 1 aromatic carbocycles. The Bertz CT molecular complexity index is 654. The number of carbonyl (C=O) groups is 3. The number of nitrogens with zero attached hydrogens (tertiary/aromatic N) is 1. The van der Waals surface area contributed by atoms with Crippen LogP contribution < -0.4 is 5.32 Å². The smallest absolute Gasteiger partial charge is 0.337 e. The highest BCUT2D eigenvalue weighted by molar-refractivity contribution is 5.95. The van der Waals surface area contributed by atoms with Gasteiger partial charge in [0.2, 0.25) is 0 Å². The molecule has 1 atom stereocenters. The Morgan fingerprint density at radius 1 is 1.30 bits per heavy atom. The van der Waals surface area contributed by atoms with Crippen LogP contribution in [0.5, 0.6) is 0 Å². The highest BCUT2D eigenvalue weighted by Gasteiger charge is 2.36. The molecule has 0 aromatic heterocycles. The summed E-state index contributed by atoms with van der Waals surface area (Å²) in [4.78, 5) is 36.5. The van der Waals surface area contributed by atoms with Crippen molar-refractivity contribution in [1.29, 1.82) is 0 Å². The van der Waals surface area contributed by atoms with Crippen LogP contribution in [-0.2, 0) is 14.3 Å². The molecule has 0 saturated carbocycles. The number of carbonyl (C=O) groups excluding carboxylic acids is 2. The van der Waals surface area contributed by atoms with Gasteiger partial charge in [0.1, 0.15) is 0 Å². The third-order valence-corrected chi connectivity index (χ3v) is 3.68. The first-order chi connectivity index (χ1) is 11.0. The molecule has 0 saturated heterocycles. The van der Waals surface area contributed by atoms with E-state index in [9.17, 15) is 14.4 Å². The van der Waals surface area contributed by atoms with Gasteiger partial charge in [-0.1, -0.05) is 30.3 Å². The number of aliphatic carboxylic acids is 1. The largest absolute Gasteiger partial charge is 0.481 e. The Kier molecular flexibility index (Phi) is 5.00. The standard InChI is InChI=1S/C16H18N2O5/c1-10-13(15(21)23-2)14(11-6-4-3-5-7-11)17-16(22)18(10)9-8-12(19)20/h3-7,14H,8-9H2,1-2H3,(H,17,22)(H,19,20). The van der Waals surface area contributed by atoms with E-state index in [0.29, 0.717) is 11.3 Å². The zero-order valence-corrected chi connectivity index (χ0v) is 12.9. The quantitative estimate of drug-likeness (QED) is 0.805. The summed E-state index contributed by atoms with van der Waals surface area (Å²) >= 11 is 0. The summed E-state index contributed by atoms with van der Waals surface area (Å²) < 4.78 is 4.83. The van der Waals surface area contributed by atoms with E-state index in [4.69, 9.17) is 9.84 Å². The number of hydrogen-bond acceptors (Lipinski definition) is 4. The number of urea groups is 1. The maximum Gasteiger partial charge on any atom is 0.337 e. The molecule has 23 heavy (non-hydrogen) atoms. The van der Waals surface area contributed by atoms with E-state index in [1.807, 2.05) is 18.2 Å². The summed E-state index contributed by atoms with van der Waals surface area (Å²) in [5.74, 6) is -1.58. The van der Waals surface area contributed by atoms with Crippen molar-refractivity contribution >= 4 is 18.0 Å². The van der Waals surface area contributed by atoms with Crippen molar-refractivity contribution in [3.8, 4) is 0 Å². The monoisotopic (exact) mass is 318 g/mol. The van der Waals surface area contributed by atoms with Crippen molar-refractivity contribution in [3.05, 3.63) is 47.2 Å². The number of esters is 1. The Morgan fingerprint density at radius 3 is 2.52 bits per heavy atom. The molecule has 1 unspecified atom stereocenters. The first-order valence-electron chi connectivity index (χ1n) is 7.09. The Balaban J connectivity index is 2.44. The number of hydrogen-bond donors (Lipinski definition) is 2. The predicted molar refractivity (Wildman–Crippen MR) is 81.4 cm³/mol. The van der Waals surface area contributed by atoms with Crippen LogP contribution in [0.2, 0.25) is 0 Å². The van der Waals surface area contributed by atoms with Crippen LogP contribution >= 0.6 is 0 Å². The molecule has 122 valence electrons. The van der Waals surface area contributed by atoms with E-state index in [2.05, 4.69) is 5.32 Å². The van der Waals surface area contributed by atoms with Gasteiger partial charge in [0.05, 0.1) is 25.1 Å². The lowest BCUT2D eigenvalue weighted by Gasteiger charge is -2.35. The van der Waals surface area contributed by atoms with Crippen molar-refractivity contribution in [2.45, 2.75) is 19.4 Å². The Morgan fingerprint density at radius 2 is 1.96 bits per heavy atom. The zero-order chi connectivity index (χ0) is 17.0. The molecule has 0 radical (unpaired) electrons. The van der Waals surface area contributed by atoms with Crippen LogP contribution in [0.4, 0.5) is 4.79 Å². The minimum absolute atomic E-state index is 0.0188. The Hall–Kier alpha value is -2.83. The summed E-state index contributed by atoms with van der Waals surface area (Å²) in [6.07, 6.45) is -0.213. The van der Waals surface area contributed by atoms with Crippen LogP contribution in [0, 0.1) is 0 Å². The fourth-order valence-electron chi connectivity index (χ4n) is 2.53. The minimum atomic E-state index is -1.02. The van der Waals surface area contributed by atoms with Gasteiger partial charge in [-0.25, -0.2) is 9.59 Å². The molecule has 0 spiro atoms. The normalized spacial score (nSPS) is 17.7. The van der Waals surface area contributed by atoms with E-state index in [1.165, 1.54) is 12.0 Å². The molecule has 1 aliphatic heterocycles. The van der Waals surface area contributed by atoms with Crippen molar-refractivity contribution in [2.24, 2.45) is 0 Å². The lowest BCUT2D eigenvalue weighted by atomic mass is 9.95. The van der Waals surface area contributed by atoms with Gasteiger partial charge in [-0.15, -0.1) is 0 Å². The zero-order valence-electron chi connectivity index (χ0n) is 12.9. The van der Waals surface area contributed by atoms with Crippen LogP contribution in [-0.4, -0.2) is 41.6 Å². The Labute approximate surface area is 133 Å². The SMILES string of the molecule is COC(=O)C1=C(C)N(CCC(=O)O)C(=O)NC1c1ccccc1. The van der Waals surface area contributed by atoms with Crippen LogP contribution in [0.1, 0.15) is 24.9 Å².